The SMILES string of the molecule is CC1OC(CC2(CNC(=O)OCCSSCCO)CCCCC2)O1. The predicted molar refractivity (Wildman–Crippen MR) is 96.9 cm³/mol. The number of carbonyl (C=O) groups excluding carboxylic acids is 1. The second-order valence-electron chi connectivity index (χ2n) is 6.39. The highest BCUT2D eigenvalue weighted by molar-refractivity contribution is 8.76. The van der Waals surface area contributed by atoms with Gasteiger partial charge in [0.15, 0.2) is 12.6 Å². The molecule has 0 aromatic carbocycles. The van der Waals surface area contributed by atoms with Crippen molar-refractivity contribution in [3.63, 3.8) is 0 Å². The summed E-state index contributed by atoms with van der Waals surface area (Å²) in [6.07, 6.45) is 6.09. The Hall–Kier alpha value is -0.150. The molecule has 1 amide bonds. The number of alkyl carbamates (subject to hydrolysis) is 1. The Labute approximate surface area is 152 Å². The van der Waals surface area contributed by atoms with Crippen LogP contribution < -0.4 is 5.32 Å². The van der Waals surface area contributed by atoms with E-state index in [9.17, 15) is 4.79 Å². The van der Waals surface area contributed by atoms with Gasteiger partial charge in [-0.2, -0.15) is 0 Å². The van der Waals surface area contributed by atoms with Gasteiger partial charge in [-0.25, -0.2) is 4.79 Å². The maximum atomic E-state index is 11.9. The van der Waals surface area contributed by atoms with Crippen LogP contribution >= 0.6 is 21.6 Å². The monoisotopic (exact) mass is 379 g/mol. The lowest BCUT2D eigenvalue weighted by atomic mass is 9.71. The first-order chi connectivity index (χ1) is 11.6. The van der Waals surface area contributed by atoms with E-state index in [2.05, 4.69) is 5.32 Å². The summed E-state index contributed by atoms with van der Waals surface area (Å²) in [5.74, 6) is 1.42. The summed E-state index contributed by atoms with van der Waals surface area (Å²) < 4.78 is 16.4. The zero-order valence-corrected chi connectivity index (χ0v) is 16.0. The highest BCUT2D eigenvalue weighted by atomic mass is 33.1. The Morgan fingerprint density at radius 2 is 1.96 bits per heavy atom. The van der Waals surface area contributed by atoms with Crippen LogP contribution in [0, 0.1) is 5.41 Å². The Balaban J connectivity index is 1.65. The van der Waals surface area contributed by atoms with Gasteiger partial charge in [-0.05, 0) is 25.2 Å². The van der Waals surface area contributed by atoms with Crippen LogP contribution in [0.4, 0.5) is 4.79 Å². The van der Waals surface area contributed by atoms with E-state index < -0.39 is 0 Å². The lowest BCUT2D eigenvalue weighted by Gasteiger charge is -2.43. The molecule has 2 N–H and O–H groups in total. The molecule has 0 aromatic heterocycles. The van der Waals surface area contributed by atoms with Gasteiger partial charge in [-0.15, -0.1) is 0 Å². The van der Waals surface area contributed by atoms with Crippen molar-refractivity contribution in [3.05, 3.63) is 0 Å². The van der Waals surface area contributed by atoms with E-state index in [1.54, 1.807) is 21.6 Å². The summed E-state index contributed by atoms with van der Waals surface area (Å²) in [4.78, 5) is 11.9. The molecular weight excluding hydrogens is 350 g/mol. The molecule has 2 aliphatic rings. The largest absolute Gasteiger partial charge is 0.449 e. The summed E-state index contributed by atoms with van der Waals surface area (Å²) in [6.45, 7) is 3.08. The molecule has 0 aromatic rings. The first kappa shape index (κ1) is 20.2. The minimum atomic E-state index is -0.350. The van der Waals surface area contributed by atoms with E-state index in [0.29, 0.717) is 18.9 Å². The first-order valence-electron chi connectivity index (χ1n) is 8.70. The van der Waals surface area contributed by atoms with Crippen LogP contribution in [0.15, 0.2) is 0 Å². The third-order valence-corrected chi connectivity index (χ3v) is 6.82. The fourth-order valence-corrected chi connectivity index (χ4v) is 4.87. The van der Waals surface area contributed by atoms with Crippen molar-refractivity contribution >= 4 is 27.7 Å². The second-order valence-corrected chi connectivity index (χ2v) is 9.09. The van der Waals surface area contributed by atoms with Crippen LogP contribution in [-0.2, 0) is 14.2 Å². The van der Waals surface area contributed by atoms with Crippen molar-refractivity contribution in [2.75, 3.05) is 31.3 Å². The molecule has 1 saturated heterocycles. The van der Waals surface area contributed by atoms with E-state index in [1.165, 1.54) is 19.3 Å². The number of hydrogen-bond acceptors (Lipinski definition) is 7. The van der Waals surface area contributed by atoms with Gasteiger partial charge in [0, 0.05) is 24.5 Å². The van der Waals surface area contributed by atoms with Crippen LogP contribution in [0.2, 0.25) is 0 Å². The highest BCUT2D eigenvalue weighted by Gasteiger charge is 2.39. The second kappa shape index (κ2) is 10.8. The number of aliphatic hydroxyl groups excluding tert-OH is 1. The molecule has 0 unspecified atom stereocenters. The van der Waals surface area contributed by atoms with Gasteiger partial charge in [0.2, 0.25) is 0 Å². The molecule has 6 nitrogen and oxygen atoms in total. The zero-order chi connectivity index (χ0) is 17.3. The third-order valence-electron chi connectivity index (χ3n) is 4.47. The van der Waals surface area contributed by atoms with Crippen molar-refractivity contribution in [1.82, 2.24) is 5.32 Å². The van der Waals surface area contributed by atoms with Gasteiger partial charge in [0.1, 0.15) is 6.61 Å². The number of ether oxygens (including phenoxy) is 3. The quantitative estimate of drug-likeness (QED) is 0.446. The number of nitrogens with one attached hydrogen (secondary N) is 1. The highest BCUT2D eigenvalue weighted by Crippen LogP contribution is 2.42. The predicted octanol–water partition coefficient (Wildman–Crippen LogP) is 3.15. The molecule has 0 bridgehead atoms. The maximum absolute atomic E-state index is 11.9. The van der Waals surface area contributed by atoms with Crippen molar-refractivity contribution in [3.8, 4) is 0 Å². The van der Waals surface area contributed by atoms with Crippen LogP contribution in [0.25, 0.3) is 0 Å². The smallest absolute Gasteiger partial charge is 0.407 e. The van der Waals surface area contributed by atoms with E-state index in [4.69, 9.17) is 19.3 Å². The summed E-state index contributed by atoms with van der Waals surface area (Å²) in [5.41, 5.74) is 0.0633. The molecule has 8 heteroatoms. The average molecular weight is 380 g/mol. The van der Waals surface area contributed by atoms with Gasteiger partial charge in [0.25, 0.3) is 0 Å². The Kier molecular flexibility index (Phi) is 9.04. The van der Waals surface area contributed by atoms with Gasteiger partial charge >= 0.3 is 6.09 Å². The van der Waals surface area contributed by atoms with Crippen LogP contribution in [0.5, 0.6) is 0 Å². The number of carbonyl (C=O) groups is 1. The van der Waals surface area contributed by atoms with Crippen molar-refractivity contribution in [2.45, 2.75) is 58.0 Å². The number of amides is 1. The third kappa shape index (κ3) is 7.00. The first-order valence-corrected chi connectivity index (χ1v) is 11.2. The van der Waals surface area contributed by atoms with Crippen LogP contribution in [0.3, 0.4) is 0 Å². The van der Waals surface area contributed by atoms with Gasteiger partial charge < -0.3 is 24.6 Å². The van der Waals surface area contributed by atoms with E-state index in [0.717, 1.165) is 25.0 Å². The molecule has 0 spiro atoms. The molecule has 2 rings (SSSR count). The number of hydrogen-bond donors (Lipinski definition) is 2. The molecule has 2 fully saturated rings. The Bertz CT molecular complexity index is 373. The van der Waals surface area contributed by atoms with Gasteiger partial charge in [-0.3, -0.25) is 0 Å². The molecule has 1 aliphatic carbocycles. The Morgan fingerprint density at radius 3 is 2.62 bits per heavy atom. The van der Waals surface area contributed by atoms with Gasteiger partial charge in [0.05, 0.1) is 6.61 Å². The minimum Gasteiger partial charge on any atom is -0.449 e. The van der Waals surface area contributed by atoms with E-state index >= 15 is 0 Å². The topological polar surface area (TPSA) is 77.0 Å². The lowest BCUT2D eigenvalue weighted by molar-refractivity contribution is -0.383. The normalized spacial score (nSPS) is 25.8. The fourth-order valence-electron chi connectivity index (χ4n) is 3.28. The summed E-state index contributed by atoms with van der Waals surface area (Å²) in [5, 5.41) is 11.6. The molecular formula is C16H29NO5S2. The van der Waals surface area contributed by atoms with E-state index in [1.807, 2.05) is 6.92 Å². The van der Waals surface area contributed by atoms with Gasteiger partial charge in [-0.1, -0.05) is 40.9 Å². The molecule has 0 radical (unpaired) electrons. The molecule has 1 saturated carbocycles. The molecule has 1 aliphatic heterocycles. The lowest BCUT2D eigenvalue weighted by Crippen LogP contribution is -2.47. The Morgan fingerprint density at radius 1 is 1.25 bits per heavy atom. The number of aliphatic hydroxyl groups is 1. The minimum absolute atomic E-state index is 0.0633. The van der Waals surface area contributed by atoms with Crippen LogP contribution in [0.1, 0.15) is 45.4 Å². The van der Waals surface area contributed by atoms with Crippen molar-refractivity contribution in [2.24, 2.45) is 5.41 Å². The fraction of sp³-hybridized carbons (Fsp3) is 0.938. The molecule has 0 atom stereocenters. The van der Waals surface area contributed by atoms with Crippen molar-refractivity contribution in [1.29, 1.82) is 0 Å². The molecule has 1 heterocycles. The molecule has 140 valence electrons. The average Bonchev–Trinajstić information content (AvgIpc) is 2.56. The summed E-state index contributed by atoms with van der Waals surface area (Å²) >= 11 is 0. The van der Waals surface area contributed by atoms with Crippen LogP contribution in [-0.4, -0.2) is 55.0 Å². The zero-order valence-electron chi connectivity index (χ0n) is 14.3. The standard InChI is InChI=1S/C16H29NO5S2/c1-13-21-14(22-13)11-16(5-3-2-4-6-16)12-17-15(19)20-8-10-24-23-9-7-18/h13-14,18H,2-12H2,1H3,(H,17,19). The van der Waals surface area contributed by atoms with Crippen molar-refractivity contribution < 1.29 is 24.1 Å². The molecule has 24 heavy (non-hydrogen) atoms. The summed E-state index contributed by atoms with van der Waals surface area (Å²) in [6, 6.07) is 0. The number of rotatable bonds is 10. The maximum Gasteiger partial charge on any atom is 0.407 e. The summed E-state index contributed by atoms with van der Waals surface area (Å²) in [7, 11) is 3.19. The van der Waals surface area contributed by atoms with E-state index in [-0.39, 0.29) is 30.7 Å².